The zero-order valence-corrected chi connectivity index (χ0v) is 12.4. The van der Waals surface area contributed by atoms with Crippen molar-refractivity contribution < 1.29 is 23.4 Å². The summed E-state index contributed by atoms with van der Waals surface area (Å²) in [6, 6.07) is 0.843. The van der Waals surface area contributed by atoms with Gasteiger partial charge in [0, 0.05) is 26.2 Å². The van der Waals surface area contributed by atoms with Crippen LogP contribution >= 0.6 is 0 Å². The second kappa shape index (κ2) is 5.96. The molecule has 128 valence electrons. The molecular weight excluding hydrogens is 326 g/mol. The number of hydrogen-bond donors (Lipinski definition) is 3. The van der Waals surface area contributed by atoms with Crippen LogP contribution in [0.5, 0.6) is 5.75 Å². The van der Waals surface area contributed by atoms with Crippen molar-refractivity contribution in [3.8, 4) is 5.75 Å². The molecule has 1 aromatic heterocycles. The number of benzene rings is 1. The Bertz CT molecular complexity index is 877. The van der Waals surface area contributed by atoms with Gasteiger partial charge in [-0.2, -0.15) is 0 Å². The van der Waals surface area contributed by atoms with Gasteiger partial charge >= 0.3 is 6.16 Å². The number of nitrogens with zero attached hydrogens (tertiary/aromatic N) is 2. The van der Waals surface area contributed by atoms with Gasteiger partial charge in [0.1, 0.15) is 17.0 Å². The van der Waals surface area contributed by atoms with Crippen molar-refractivity contribution in [3.63, 3.8) is 0 Å². The standard InChI is InChI=1S/C14H14F2N4O4/c15-8-5-7-11(10(16)12(8)19-3-1-18-2-4-19)20(17)6-9(13(7)21)24-14(22)23/h5-6,18H,1-4,17H2,(H,22,23). The van der Waals surface area contributed by atoms with Crippen LogP contribution in [0.3, 0.4) is 0 Å². The van der Waals surface area contributed by atoms with Crippen molar-refractivity contribution in [2.24, 2.45) is 0 Å². The largest absolute Gasteiger partial charge is 0.511 e. The minimum absolute atomic E-state index is 0.269. The number of fused-ring (bicyclic) bond motifs is 1. The van der Waals surface area contributed by atoms with Gasteiger partial charge in [-0.05, 0) is 6.07 Å². The first-order valence-corrected chi connectivity index (χ1v) is 7.09. The summed E-state index contributed by atoms with van der Waals surface area (Å²) in [4.78, 5) is 24.3. The summed E-state index contributed by atoms with van der Waals surface area (Å²) in [6.45, 7) is 1.93. The summed E-state index contributed by atoms with van der Waals surface area (Å²) in [5.74, 6) is 3.13. The molecule has 2 heterocycles. The van der Waals surface area contributed by atoms with Gasteiger partial charge in [-0.3, -0.25) is 9.47 Å². The van der Waals surface area contributed by atoms with Gasteiger partial charge < -0.3 is 25.9 Å². The number of carbonyl (C=O) groups is 1. The Labute approximate surface area is 134 Å². The fourth-order valence-corrected chi connectivity index (χ4v) is 2.75. The van der Waals surface area contributed by atoms with E-state index in [9.17, 15) is 18.4 Å². The number of nitrogens with one attached hydrogen (secondary N) is 1. The van der Waals surface area contributed by atoms with Crippen LogP contribution in [0.15, 0.2) is 17.1 Å². The van der Waals surface area contributed by atoms with Gasteiger partial charge in [0.2, 0.25) is 11.2 Å². The molecule has 0 amide bonds. The molecule has 0 spiro atoms. The lowest BCUT2D eigenvalue weighted by molar-refractivity contribution is 0.144. The first-order chi connectivity index (χ1) is 11.4. The van der Waals surface area contributed by atoms with E-state index in [1.165, 1.54) is 4.90 Å². The van der Waals surface area contributed by atoms with Crippen LogP contribution in [0.4, 0.5) is 19.3 Å². The summed E-state index contributed by atoms with van der Waals surface area (Å²) in [5, 5.41) is 11.3. The van der Waals surface area contributed by atoms with Crippen LogP contribution in [0.1, 0.15) is 0 Å². The molecule has 1 fully saturated rings. The summed E-state index contributed by atoms with van der Waals surface area (Å²) >= 11 is 0. The third-order valence-corrected chi connectivity index (χ3v) is 3.78. The number of pyridine rings is 1. The number of piperazine rings is 1. The van der Waals surface area contributed by atoms with Gasteiger partial charge in [-0.1, -0.05) is 0 Å². The van der Waals surface area contributed by atoms with Gasteiger partial charge in [-0.25, -0.2) is 13.6 Å². The van der Waals surface area contributed by atoms with Gasteiger partial charge in [-0.15, -0.1) is 0 Å². The van der Waals surface area contributed by atoms with Crippen molar-refractivity contribution in [3.05, 3.63) is 34.1 Å². The summed E-state index contributed by atoms with van der Waals surface area (Å²) in [5.41, 5.74) is -1.55. The minimum atomic E-state index is -1.73. The average Bonchev–Trinajstić information content (AvgIpc) is 2.52. The average molecular weight is 340 g/mol. The Morgan fingerprint density at radius 3 is 2.62 bits per heavy atom. The lowest BCUT2D eigenvalue weighted by Gasteiger charge is -2.30. The molecule has 0 atom stereocenters. The quantitative estimate of drug-likeness (QED) is 0.538. The molecule has 24 heavy (non-hydrogen) atoms. The van der Waals surface area contributed by atoms with E-state index in [2.05, 4.69) is 10.1 Å². The lowest BCUT2D eigenvalue weighted by Crippen LogP contribution is -2.44. The Morgan fingerprint density at radius 1 is 1.33 bits per heavy atom. The number of anilines is 1. The Balaban J connectivity index is 2.24. The van der Waals surface area contributed by atoms with Crippen LogP contribution in [0.25, 0.3) is 10.9 Å². The number of halogens is 2. The Hall–Kier alpha value is -2.88. The molecule has 1 aliphatic heterocycles. The van der Waals surface area contributed by atoms with Gasteiger partial charge in [0.15, 0.2) is 5.82 Å². The van der Waals surface area contributed by atoms with Crippen molar-refractivity contribution in [2.45, 2.75) is 0 Å². The maximum Gasteiger partial charge on any atom is 0.511 e. The Kier molecular flexibility index (Phi) is 3.97. The maximum absolute atomic E-state index is 14.9. The molecule has 3 rings (SSSR count). The summed E-state index contributed by atoms with van der Waals surface area (Å²) in [7, 11) is 0. The van der Waals surface area contributed by atoms with E-state index in [0.29, 0.717) is 26.2 Å². The maximum atomic E-state index is 14.9. The van der Waals surface area contributed by atoms with E-state index in [1.54, 1.807) is 0 Å². The van der Waals surface area contributed by atoms with Crippen LogP contribution in [-0.2, 0) is 0 Å². The topological polar surface area (TPSA) is 110 Å². The molecule has 0 saturated carbocycles. The number of rotatable bonds is 2. The molecule has 1 saturated heterocycles. The molecule has 0 unspecified atom stereocenters. The fraction of sp³-hybridized carbons (Fsp3) is 0.286. The second-order valence-electron chi connectivity index (χ2n) is 5.25. The minimum Gasteiger partial charge on any atom is -0.449 e. The van der Waals surface area contributed by atoms with Crippen LogP contribution in [0.2, 0.25) is 0 Å². The number of nitrogens with two attached hydrogens (primary N) is 1. The zero-order chi connectivity index (χ0) is 17.4. The fourth-order valence-electron chi connectivity index (χ4n) is 2.75. The zero-order valence-electron chi connectivity index (χ0n) is 12.4. The van der Waals surface area contributed by atoms with Crippen LogP contribution in [-0.4, -0.2) is 42.1 Å². The highest BCUT2D eigenvalue weighted by Gasteiger charge is 2.25. The van der Waals surface area contributed by atoms with Crippen LogP contribution < -0.4 is 26.2 Å². The first-order valence-electron chi connectivity index (χ1n) is 7.09. The highest BCUT2D eigenvalue weighted by Crippen LogP contribution is 2.30. The molecule has 4 N–H and O–H groups in total. The normalized spacial score (nSPS) is 14.8. The number of aromatic nitrogens is 1. The molecule has 2 aromatic rings. The molecule has 0 radical (unpaired) electrons. The van der Waals surface area contributed by atoms with Gasteiger partial charge in [0.05, 0.1) is 11.6 Å². The van der Waals surface area contributed by atoms with E-state index in [4.69, 9.17) is 10.9 Å². The van der Waals surface area contributed by atoms with Crippen molar-refractivity contribution in [2.75, 3.05) is 36.9 Å². The second-order valence-corrected chi connectivity index (χ2v) is 5.25. The molecule has 0 bridgehead atoms. The third kappa shape index (κ3) is 2.60. The molecule has 1 aromatic carbocycles. The summed E-state index contributed by atoms with van der Waals surface area (Å²) in [6.07, 6.45) is -0.883. The van der Waals surface area contributed by atoms with E-state index < -0.39 is 34.4 Å². The van der Waals surface area contributed by atoms with E-state index in [0.717, 1.165) is 16.9 Å². The van der Waals surface area contributed by atoms with E-state index in [1.807, 2.05) is 0 Å². The Morgan fingerprint density at radius 2 is 2.00 bits per heavy atom. The molecule has 1 aliphatic rings. The van der Waals surface area contributed by atoms with Crippen molar-refractivity contribution in [1.29, 1.82) is 0 Å². The molecule has 10 heteroatoms. The lowest BCUT2D eigenvalue weighted by atomic mass is 10.1. The van der Waals surface area contributed by atoms with E-state index in [-0.39, 0.29) is 11.2 Å². The monoisotopic (exact) mass is 340 g/mol. The predicted octanol–water partition coefficient (Wildman–Crippen LogP) is 0.460. The third-order valence-electron chi connectivity index (χ3n) is 3.78. The smallest absolute Gasteiger partial charge is 0.449 e. The number of carboxylic acid groups (broad SMARTS) is 1. The highest BCUT2D eigenvalue weighted by molar-refractivity contribution is 5.85. The summed E-state index contributed by atoms with van der Waals surface area (Å²) < 4.78 is 34.3. The highest BCUT2D eigenvalue weighted by atomic mass is 19.1. The van der Waals surface area contributed by atoms with E-state index >= 15 is 0 Å². The van der Waals surface area contributed by atoms with Crippen molar-refractivity contribution >= 4 is 22.7 Å². The number of hydrogen-bond acceptors (Lipinski definition) is 6. The van der Waals surface area contributed by atoms with Gasteiger partial charge in [0.25, 0.3) is 0 Å². The predicted molar refractivity (Wildman–Crippen MR) is 82.0 cm³/mol. The molecule has 0 aliphatic carbocycles. The number of ether oxygens (including phenoxy) is 1. The first kappa shape index (κ1) is 16.0. The van der Waals surface area contributed by atoms with Crippen molar-refractivity contribution in [1.82, 2.24) is 9.99 Å². The SMILES string of the molecule is Nn1cc(OC(=O)O)c(=O)c2cc(F)c(N3CCNCC3)c(F)c21. The van der Waals surface area contributed by atoms with Crippen LogP contribution in [0, 0.1) is 11.6 Å². The molecule has 8 nitrogen and oxygen atoms in total. The molecular formula is C14H14F2N4O4. The number of nitrogen functional groups attached to an aromatic ring is 1.